The second-order valence-electron chi connectivity index (χ2n) is 12.7. The third-order valence-electron chi connectivity index (χ3n) is 11.4. The van der Waals surface area contributed by atoms with Crippen molar-refractivity contribution in [2.75, 3.05) is 6.61 Å². The minimum Gasteiger partial charge on any atom is -0.392 e. The molecule has 0 aromatic heterocycles. The van der Waals surface area contributed by atoms with Gasteiger partial charge in [-0.05, 0) is 80.6 Å². The van der Waals surface area contributed by atoms with Crippen LogP contribution in [0, 0.1) is 46.3 Å². The number of allylic oxidation sites excluding steroid dienone is 1. The van der Waals surface area contributed by atoms with Gasteiger partial charge in [-0.25, -0.2) is 0 Å². The molecule has 2 aliphatic heterocycles. The number of aliphatic hydroxyl groups is 1. The first-order chi connectivity index (χ1) is 15.6. The molecule has 5 heteroatoms. The fourth-order valence-corrected chi connectivity index (χ4v) is 9.81. The summed E-state index contributed by atoms with van der Waals surface area (Å²) in [7, 11) is 0. The Kier molecular flexibility index (Phi) is 4.92. The summed E-state index contributed by atoms with van der Waals surface area (Å²) in [6, 6.07) is 0. The molecule has 0 aromatic carbocycles. The SMILES string of the molecule is CC(=O)[C@]12C(CC3OC4(CCC(C)CO4)[C@@H](C)C31)C1CCC3=CC(=O)CC[C@]3(C)C1C[C@@H]2O. The van der Waals surface area contributed by atoms with Crippen LogP contribution in [0.2, 0.25) is 0 Å². The zero-order chi connectivity index (χ0) is 23.3. The average Bonchev–Trinajstić information content (AvgIpc) is 3.24. The van der Waals surface area contributed by atoms with Gasteiger partial charge in [0.2, 0.25) is 0 Å². The summed E-state index contributed by atoms with van der Waals surface area (Å²) >= 11 is 0. The molecule has 33 heavy (non-hydrogen) atoms. The van der Waals surface area contributed by atoms with Gasteiger partial charge in [0, 0.05) is 24.7 Å². The number of ketones is 2. The molecule has 5 fully saturated rings. The van der Waals surface area contributed by atoms with Crippen molar-refractivity contribution < 1.29 is 24.2 Å². The second kappa shape index (κ2) is 7.24. The second-order valence-corrected chi connectivity index (χ2v) is 12.7. The minimum atomic E-state index is -0.733. The van der Waals surface area contributed by atoms with Crippen molar-refractivity contribution in [3.63, 3.8) is 0 Å². The topological polar surface area (TPSA) is 72.8 Å². The van der Waals surface area contributed by atoms with E-state index in [1.807, 2.05) is 6.08 Å². The van der Waals surface area contributed by atoms with E-state index in [0.717, 1.165) is 38.5 Å². The molecule has 0 aromatic rings. The molecule has 11 atom stereocenters. The standard InChI is InChI=1S/C28H40O5/c1-15-7-10-27(32-14-15)16(2)25-23(33-27)12-22-20-6-5-18-11-19(30)8-9-26(18,4)21(20)13-24(31)28(22,25)17(3)29/h11,15-16,20-25,31H,5-10,12-14H2,1-4H3/t15?,16-,20?,21?,22?,23?,24-,25?,26-,27?,28+/m0/s1. The zero-order valence-electron chi connectivity index (χ0n) is 20.6. The smallest absolute Gasteiger partial charge is 0.171 e. The lowest BCUT2D eigenvalue weighted by Crippen LogP contribution is -2.61. The Morgan fingerprint density at radius 1 is 1.12 bits per heavy atom. The van der Waals surface area contributed by atoms with Gasteiger partial charge >= 0.3 is 0 Å². The maximum Gasteiger partial charge on any atom is 0.171 e. The highest BCUT2D eigenvalue weighted by atomic mass is 16.7. The van der Waals surface area contributed by atoms with E-state index in [9.17, 15) is 14.7 Å². The highest BCUT2D eigenvalue weighted by molar-refractivity contribution is 5.91. The summed E-state index contributed by atoms with van der Waals surface area (Å²) in [5.74, 6) is 1.33. The Hall–Kier alpha value is -1.04. The predicted octanol–water partition coefficient (Wildman–Crippen LogP) is 4.46. The van der Waals surface area contributed by atoms with Gasteiger partial charge in [0.05, 0.1) is 24.2 Å². The number of ether oxygens (including phenoxy) is 2. The van der Waals surface area contributed by atoms with Crippen molar-refractivity contribution >= 4 is 11.6 Å². The van der Waals surface area contributed by atoms with E-state index in [-0.39, 0.29) is 40.8 Å². The molecule has 6 aliphatic rings. The van der Waals surface area contributed by atoms with Gasteiger partial charge in [-0.1, -0.05) is 26.3 Å². The number of fused-ring (bicyclic) bond motifs is 7. The fraction of sp³-hybridized carbons (Fsp3) is 0.857. The quantitative estimate of drug-likeness (QED) is 0.631. The van der Waals surface area contributed by atoms with E-state index >= 15 is 0 Å². The summed E-state index contributed by atoms with van der Waals surface area (Å²) in [6.07, 6.45) is 8.13. The molecule has 5 nitrogen and oxygen atoms in total. The molecule has 7 unspecified atom stereocenters. The van der Waals surface area contributed by atoms with Crippen molar-refractivity contribution in [3.05, 3.63) is 11.6 Å². The van der Waals surface area contributed by atoms with E-state index in [0.29, 0.717) is 37.2 Å². The van der Waals surface area contributed by atoms with Gasteiger partial charge in [0.1, 0.15) is 5.78 Å². The number of Topliss-reactive ketones (excluding diaryl/α,β-unsaturated/α-hetero) is 1. The highest BCUT2D eigenvalue weighted by Gasteiger charge is 2.74. The van der Waals surface area contributed by atoms with E-state index < -0.39 is 17.3 Å². The molecule has 0 radical (unpaired) electrons. The summed E-state index contributed by atoms with van der Waals surface area (Å²) in [6.45, 7) is 9.17. The Morgan fingerprint density at radius 3 is 2.61 bits per heavy atom. The van der Waals surface area contributed by atoms with Gasteiger partial charge in [0.25, 0.3) is 0 Å². The van der Waals surface area contributed by atoms with Crippen molar-refractivity contribution in [1.82, 2.24) is 0 Å². The van der Waals surface area contributed by atoms with E-state index in [1.54, 1.807) is 6.92 Å². The van der Waals surface area contributed by atoms with Crippen LogP contribution in [0.3, 0.4) is 0 Å². The van der Waals surface area contributed by atoms with Gasteiger partial charge in [-0.15, -0.1) is 0 Å². The first-order valence-electron chi connectivity index (χ1n) is 13.4. The van der Waals surface area contributed by atoms with Crippen LogP contribution < -0.4 is 0 Å². The fourth-order valence-electron chi connectivity index (χ4n) is 9.81. The number of hydrogen-bond donors (Lipinski definition) is 1. The molecule has 0 amide bonds. The van der Waals surface area contributed by atoms with Crippen LogP contribution in [0.15, 0.2) is 11.6 Å². The molecule has 6 rings (SSSR count). The van der Waals surface area contributed by atoms with Crippen molar-refractivity contribution in [3.8, 4) is 0 Å². The van der Waals surface area contributed by atoms with Gasteiger partial charge < -0.3 is 14.6 Å². The summed E-state index contributed by atoms with van der Waals surface area (Å²) < 4.78 is 13.1. The number of rotatable bonds is 1. The van der Waals surface area contributed by atoms with Crippen LogP contribution in [0.4, 0.5) is 0 Å². The lowest BCUT2D eigenvalue weighted by molar-refractivity contribution is -0.273. The molecular weight excluding hydrogens is 416 g/mol. The lowest BCUT2D eigenvalue weighted by Gasteiger charge is -2.60. The van der Waals surface area contributed by atoms with Crippen LogP contribution in [0.1, 0.15) is 79.1 Å². The maximum atomic E-state index is 13.6. The summed E-state index contributed by atoms with van der Waals surface area (Å²) in [4.78, 5) is 25.7. The molecule has 2 saturated heterocycles. The predicted molar refractivity (Wildman–Crippen MR) is 123 cm³/mol. The van der Waals surface area contributed by atoms with Crippen LogP contribution in [0.5, 0.6) is 0 Å². The molecule has 2 heterocycles. The summed E-state index contributed by atoms with van der Waals surface area (Å²) in [5, 5.41) is 11.9. The van der Waals surface area contributed by atoms with E-state index in [4.69, 9.17) is 9.47 Å². The minimum absolute atomic E-state index is 0.0158. The van der Waals surface area contributed by atoms with Gasteiger partial charge in [0.15, 0.2) is 11.6 Å². The maximum absolute atomic E-state index is 13.6. The van der Waals surface area contributed by atoms with Crippen molar-refractivity contribution in [1.29, 1.82) is 0 Å². The number of hydrogen-bond acceptors (Lipinski definition) is 5. The Labute approximate surface area is 197 Å². The average molecular weight is 457 g/mol. The van der Waals surface area contributed by atoms with Crippen LogP contribution in [-0.4, -0.2) is 41.3 Å². The van der Waals surface area contributed by atoms with Crippen molar-refractivity contribution in [2.45, 2.75) is 97.1 Å². The molecular formula is C28H40O5. The third kappa shape index (κ3) is 2.76. The Balaban J connectivity index is 1.38. The first-order valence-corrected chi connectivity index (χ1v) is 13.4. The van der Waals surface area contributed by atoms with Crippen LogP contribution in [0.25, 0.3) is 0 Å². The molecule has 0 bridgehead atoms. The molecule has 1 N–H and O–H groups in total. The monoisotopic (exact) mass is 456 g/mol. The highest BCUT2D eigenvalue weighted by Crippen LogP contribution is 2.71. The molecule has 3 saturated carbocycles. The van der Waals surface area contributed by atoms with Crippen LogP contribution in [-0.2, 0) is 19.1 Å². The largest absolute Gasteiger partial charge is 0.392 e. The number of carbonyl (C=O) groups is 2. The van der Waals surface area contributed by atoms with E-state index in [1.165, 1.54) is 5.57 Å². The Bertz CT molecular complexity index is 900. The summed E-state index contributed by atoms with van der Waals surface area (Å²) in [5.41, 5.74) is 0.520. The van der Waals surface area contributed by atoms with Crippen LogP contribution >= 0.6 is 0 Å². The molecule has 1 spiro atoms. The third-order valence-corrected chi connectivity index (χ3v) is 11.4. The normalized spacial score (nSPS) is 55.4. The van der Waals surface area contributed by atoms with Crippen molar-refractivity contribution in [2.24, 2.45) is 46.3 Å². The van der Waals surface area contributed by atoms with E-state index in [2.05, 4.69) is 20.8 Å². The lowest BCUT2D eigenvalue weighted by atomic mass is 9.44. The Morgan fingerprint density at radius 2 is 1.91 bits per heavy atom. The first kappa shape index (κ1) is 22.4. The van der Waals surface area contributed by atoms with Gasteiger partial charge in [-0.2, -0.15) is 0 Å². The number of aliphatic hydroxyl groups excluding tert-OH is 1. The molecule has 4 aliphatic carbocycles. The molecule has 182 valence electrons. The zero-order valence-corrected chi connectivity index (χ0v) is 20.6. The van der Waals surface area contributed by atoms with Gasteiger partial charge in [-0.3, -0.25) is 9.59 Å². The number of carbonyl (C=O) groups excluding carboxylic acids is 2.